The van der Waals surface area contributed by atoms with E-state index >= 15 is 0 Å². The minimum absolute atomic E-state index is 0.116. The first kappa shape index (κ1) is 19.1. The predicted octanol–water partition coefficient (Wildman–Crippen LogP) is 6.24. The number of hydrogen-bond acceptors (Lipinski definition) is 2. The van der Waals surface area contributed by atoms with Crippen molar-refractivity contribution >= 4 is 44.2 Å². The van der Waals surface area contributed by atoms with Crippen LogP contribution in [0.3, 0.4) is 0 Å². The minimum Gasteiger partial charge on any atom is -0.456 e. The highest BCUT2D eigenvalue weighted by atomic mass is 28.3. The molecule has 1 heterocycles. The van der Waals surface area contributed by atoms with Gasteiger partial charge in [-0.2, -0.15) is 0 Å². The molecule has 0 saturated carbocycles. The zero-order chi connectivity index (χ0) is 20.4. The van der Waals surface area contributed by atoms with Gasteiger partial charge in [0.2, 0.25) is 0 Å². The Kier molecular flexibility index (Phi) is 4.18. The van der Waals surface area contributed by atoms with Crippen LogP contribution in [0.2, 0.25) is 39.3 Å². The number of benzene rings is 2. The minimum atomic E-state index is -1.86. The standard InChI is InChI=1S/C23H25FO2Si2/c1-27(2,3)18-11-10-16-20-17(13-19(21(16)25)28(4,5)6)22(26-23(18)20)14-8-7-9-15(24)12-14/h7-13H,1-6H3. The molecule has 5 heteroatoms. The number of furan rings is 1. The molecule has 2 nitrogen and oxygen atoms in total. The maximum absolute atomic E-state index is 13.9. The maximum atomic E-state index is 13.9. The van der Waals surface area contributed by atoms with Crippen LogP contribution in [0, 0.1) is 5.82 Å². The van der Waals surface area contributed by atoms with Crippen molar-refractivity contribution in [1.82, 2.24) is 0 Å². The molecule has 0 fully saturated rings. The van der Waals surface area contributed by atoms with Gasteiger partial charge >= 0.3 is 0 Å². The highest BCUT2D eigenvalue weighted by Crippen LogP contribution is 2.42. The van der Waals surface area contributed by atoms with E-state index in [1.54, 1.807) is 6.07 Å². The first-order valence-electron chi connectivity index (χ1n) is 9.61. The summed E-state index contributed by atoms with van der Waals surface area (Å²) < 4.78 is 20.3. The number of allylic oxidation sites excluding steroid dienone is 1. The number of carbonyl (C=O) groups is 1. The Morgan fingerprint density at radius 2 is 1.64 bits per heavy atom. The summed E-state index contributed by atoms with van der Waals surface area (Å²) >= 11 is 0. The first-order chi connectivity index (χ1) is 13.0. The molecule has 2 aromatic carbocycles. The van der Waals surface area contributed by atoms with Crippen LogP contribution in [0.15, 0.2) is 46.0 Å². The van der Waals surface area contributed by atoms with Gasteiger partial charge in [-0.3, -0.25) is 4.79 Å². The monoisotopic (exact) mass is 408 g/mol. The molecule has 0 unspecified atom stereocenters. The second-order valence-corrected chi connectivity index (χ2v) is 19.7. The molecule has 144 valence electrons. The van der Waals surface area contributed by atoms with E-state index in [0.717, 1.165) is 27.3 Å². The van der Waals surface area contributed by atoms with Crippen molar-refractivity contribution in [3.63, 3.8) is 0 Å². The predicted molar refractivity (Wildman–Crippen MR) is 120 cm³/mol. The van der Waals surface area contributed by atoms with Crippen LogP contribution < -0.4 is 5.19 Å². The third-order valence-corrected chi connectivity index (χ3v) is 9.35. The summed E-state index contributed by atoms with van der Waals surface area (Å²) in [4.78, 5) is 13.3. The van der Waals surface area contributed by atoms with Gasteiger partial charge in [0.1, 0.15) is 17.2 Å². The zero-order valence-electron chi connectivity index (χ0n) is 17.2. The van der Waals surface area contributed by atoms with E-state index in [9.17, 15) is 9.18 Å². The third kappa shape index (κ3) is 2.93. The quantitative estimate of drug-likeness (QED) is 0.480. The van der Waals surface area contributed by atoms with Gasteiger partial charge in [0.15, 0.2) is 5.78 Å². The van der Waals surface area contributed by atoms with Gasteiger partial charge in [-0.05, 0) is 28.6 Å². The lowest BCUT2D eigenvalue weighted by atomic mass is 9.94. The summed E-state index contributed by atoms with van der Waals surface area (Å²) in [5, 5.41) is 2.97. The summed E-state index contributed by atoms with van der Waals surface area (Å²) in [7, 11) is -3.56. The number of rotatable bonds is 3. The number of Topliss-reactive ketones (excluding diaryl/α,β-unsaturated/α-hetero) is 1. The van der Waals surface area contributed by atoms with E-state index in [0.29, 0.717) is 11.3 Å². The summed E-state index contributed by atoms with van der Waals surface area (Å²) in [6, 6.07) is 10.5. The molecule has 3 aromatic rings. The van der Waals surface area contributed by atoms with Crippen molar-refractivity contribution in [3.05, 3.63) is 58.5 Å². The summed E-state index contributed by atoms with van der Waals surface area (Å²) in [6.07, 6.45) is 2.02. The fourth-order valence-electron chi connectivity index (χ4n) is 3.90. The normalized spacial score (nSPS) is 14.5. The molecule has 0 atom stereocenters. The topological polar surface area (TPSA) is 30.2 Å². The van der Waals surface area contributed by atoms with Crippen LogP contribution in [0.25, 0.3) is 28.4 Å². The Hall–Kier alpha value is -2.25. The molecule has 0 N–H and O–H groups in total. The zero-order valence-corrected chi connectivity index (χ0v) is 19.2. The van der Waals surface area contributed by atoms with Gasteiger partial charge in [-0.15, -0.1) is 0 Å². The van der Waals surface area contributed by atoms with Crippen molar-refractivity contribution in [2.24, 2.45) is 0 Å². The summed E-state index contributed by atoms with van der Waals surface area (Å²) in [5.41, 5.74) is 3.15. The molecule has 0 saturated heterocycles. The van der Waals surface area contributed by atoms with Crippen molar-refractivity contribution in [2.45, 2.75) is 39.3 Å². The van der Waals surface area contributed by atoms with Crippen molar-refractivity contribution in [2.75, 3.05) is 0 Å². The average molecular weight is 409 g/mol. The molecule has 0 amide bonds. The van der Waals surface area contributed by atoms with Crippen LogP contribution in [-0.4, -0.2) is 21.9 Å². The van der Waals surface area contributed by atoms with Crippen LogP contribution in [0.1, 0.15) is 15.9 Å². The lowest BCUT2D eigenvalue weighted by molar-refractivity contribution is 0.104. The lowest BCUT2D eigenvalue weighted by Gasteiger charge is -2.24. The van der Waals surface area contributed by atoms with Gasteiger partial charge in [-0.25, -0.2) is 4.39 Å². The number of ketones is 1. The van der Waals surface area contributed by atoms with E-state index in [1.807, 2.05) is 18.2 Å². The average Bonchev–Trinajstić information content (AvgIpc) is 2.96. The molecule has 1 aliphatic carbocycles. The van der Waals surface area contributed by atoms with Crippen LogP contribution in [0.5, 0.6) is 0 Å². The van der Waals surface area contributed by atoms with E-state index < -0.39 is 16.1 Å². The maximum Gasteiger partial charge on any atom is 0.185 e. The Balaban J connectivity index is 2.14. The Labute approximate surface area is 167 Å². The van der Waals surface area contributed by atoms with Crippen LogP contribution in [0.4, 0.5) is 4.39 Å². The SMILES string of the molecule is C[Si](C)(C)C1=Cc2c(-c3cccc(F)c3)oc3c([Si](C)(C)C)ccc(c23)C1=O. The molecule has 28 heavy (non-hydrogen) atoms. The highest BCUT2D eigenvalue weighted by Gasteiger charge is 2.35. The van der Waals surface area contributed by atoms with E-state index in [1.165, 1.54) is 17.3 Å². The van der Waals surface area contributed by atoms with Crippen LogP contribution >= 0.6 is 0 Å². The Morgan fingerprint density at radius 1 is 0.929 bits per heavy atom. The van der Waals surface area contributed by atoms with Gasteiger partial charge in [0.05, 0.1) is 16.1 Å². The van der Waals surface area contributed by atoms with E-state index in [-0.39, 0.29) is 11.6 Å². The number of halogens is 1. The Bertz CT molecular complexity index is 1160. The molecule has 0 spiro atoms. The molecule has 1 aromatic heterocycles. The molecular weight excluding hydrogens is 383 g/mol. The van der Waals surface area contributed by atoms with Crippen molar-refractivity contribution in [1.29, 1.82) is 0 Å². The summed E-state index contributed by atoms with van der Waals surface area (Å²) in [5.74, 6) is 0.479. The second kappa shape index (κ2) is 6.12. The molecule has 1 aliphatic rings. The van der Waals surface area contributed by atoms with Gasteiger partial charge in [0.25, 0.3) is 0 Å². The fraction of sp³-hybridized carbons (Fsp3) is 0.261. The molecular formula is C23H25FO2Si2. The van der Waals surface area contributed by atoms with Crippen LogP contribution in [-0.2, 0) is 0 Å². The smallest absolute Gasteiger partial charge is 0.185 e. The first-order valence-corrected chi connectivity index (χ1v) is 16.6. The van der Waals surface area contributed by atoms with Crippen molar-refractivity contribution < 1.29 is 13.6 Å². The summed E-state index contributed by atoms with van der Waals surface area (Å²) in [6.45, 7) is 13.3. The van der Waals surface area contributed by atoms with E-state index in [4.69, 9.17) is 4.42 Å². The molecule has 0 bridgehead atoms. The largest absolute Gasteiger partial charge is 0.456 e. The Morgan fingerprint density at radius 3 is 2.25 bits per heavy atom. The number of carbonyl (C=O) groups excluding carboxylic acids is 1. The third-order valence-electron chi connectivity index (χ3n) is 5.36. The molecule has 0 aliphatic heterocycles. The van der Waals surface area contributed by atoms with Gasteiger partial charge in [0, 0.05) is 22.1 Å². The number of hydrogen-bond donors (Lipinski definition) is 0. The highest BCUT2D eigenvalue weighted by molar-refractivity contribution is 6.91. The van der Waals surface area contributed by atoms with E-state index in [2.05, 4.69) is 45.3 Å². The lowest BCUT2D eigenvalue weighted by Crippen LogP contribution is -2.38. The molecule has 4 rings (SSSR count). The molecule has 0 radical (unpaired) electrons. The van der Waals surface area contributed by atoms with Gasteiger partial charge < -0.3 is 4.42 Å². The second-order valence-electron chi connectivity index (χ2n) is 9.61. The van der Waals surface area contributed by atoms with Crippen molar-refractivity contribution in [3.8, 4) is 11.3 Å². The fourth-order valence-corrected chi connectivity index (χ4v) is 6.73. The van der Waals surface area contributed by atoms with Gasteiger partial charge in [-0.1, -0.05) is 63.5 Å².